The normalized spacial score (nSPS) is 16.1. The number of anilines is 1. The second kappa shape index (κ2) is 6.74. The van der Waals surface area contributed by atoms with Crippen molar-refractivity contribution < 1.29 is 9.18 Å². The maximum atomic E-state index is 14.0. The summed E-state index contributed by atoms with van der Waals surface area (Å²) in [4.78, 5) is 18.4. The van der Waals surface area contributed by atoms with E-state index >= 15 is 0 Å². The summed E-state index contributed by atoms with van der Waals surface area (Å²) in [5, 5.41) is 6.70. The third kappa shape index (κ3) is 2.73. The van der Waals surface area contributed by atoms with E-state index in [1.165, 1.54) is 16.5 Å². The number of nitrogens with zero attached hydrogens (tertiary/aromatic N) is 4. The Kier molecular flexibility index (Phi) is 4.19. The molecule has 1 aromatic carbocycles. The van der Waals surface area contributed by atoms with Crippen LogP contribution in [0.15, 0.2) is 35.7 Å². The van der Waals surface area contributed by atoms with Gasteiger partial charge in [0.25, 0.3) is 5.91 Å². The highest BCUT2D eigenvalue weighted by molar-refractivity contribution is 7.10. The minimum absolute atomic E-state index is 0.0105. The highest BCUT2D eigenvalue weighted by Gasteiger charge is 2.31. The van der Waals surface area contributed by atoms with Crippen molar-refractivity contribution in [2.75, 3.05) is 31.1 Å². The Labute approximate surface area is 167 Å². The zero-order chi connectivity index (χ0) is 19.3. The van der Waals surface area contributed by atoms with Gasteiger partial charge in [0.2, 0.25) is 0 Å². The number of piperazine rings is 1. The fourth-order valence-electron chi connectivity index (χ4n) is 4.31. The minimum Gasteiger partial charge on any atom is -0.366 e. The molecule has 5 rings (SSSR count). The number of hydrogen-bond acceptors (Lipinski definition) is 4. The molecular weight excluding hydrogens is 375 g/mol. The van der Waals surface area contributed by atoms with E-state index in [9.17, 15) is 9.18 Å². The summed E-state index contributed by atoms with van der Waals surface area (Å²) in [6.45, 7) is 2.39. The summed E-state index contributed by atoms with van der Waals surface area (Å²) in [5.41, 5.74) is 4.54. The summed E-state index contributed by atoms with van der Waals surface area (Å²) in [6, 6.07) is 8.93. The highest BCUT2D eigenvalue weighted by Crippen LogP contribution is 2.38. The molecule has 0 radical (unpaired) electrons. The van der Waals surface area contributed by atoms with E-state index in [0.717, 1.165) is 24.1 Å². The fraction of sp³-hybridized carbons (Fsp3) is 0.333. The van der Waals surface area contributed by atoms with Crippen molar-refractivity contribution in [1.82, 2.24) is 14.7 Å². The van der Waals surface area contributed by atoms with Gasteiger partial charge in [-0.3, -0.25) is 9.48 Å². The fourth-order valence-corrected chi connectivity index (χ4v) is 5.19. The van der Waals surface area contributed by atoms with Gasteiger partial charge in [0.15, 0.2) is 5.69 Å². The van der Waals surface area contributed by atoms with Gasteiger partial charge in [-0.2, -0.15) is 5.10 Å². The summed E-state index contributed by atoms with van der Waals surface area (Å²) in [5.74, 6) is -0.226. The van der Waals surface area contributed by atoms with Crippen LogP contribution in [0.2, 0.25) is 0 Å². The largest absolute Gasteiger partial charge is 0.366 e. The van der Waals surface area contributed by atoms with Gasteiger partial charge >= 0.3 is 0 Å². The molecule has 0 bridgehead atoms. The molecule has 0 unspecified atom stereocenters. The SMILES string of the molecule is Cn1nc(C(=O)N2CCN(c3ccccc3F)CC2)c2c1-c1ccsc1CC2. The molecule has 0 N–H and O–H groups in total. The predicted octanol–water partition coefficient (Wildman–Crippen LogP) is 3.35. The first-order valence-electron chi connectivity index (χ1n) is 9.55. The zero-order valence-corrected chi connectivity index (χ0v) is 16.5. The Morgan fingerprint density at radius 3 is 2.68 bits per heavy atom. The van der Waals surface area contributed by atoms with E-state index in [1.54, 1.807) is 23.5 Å². The Bertz CT molecular complexity index is 1050. The van der Waals surface area contributed by atoms with Gasteiger partial charge in [0.1, 0.15) is 5.82 Å². The number of thiophene rings is 1. The molecule has 1 aliphatic carbocycles. The molecule has 0 spiro atoms. The first-order chi connectivity index (χ1) is 13.6. The van der Waals surface area contributed by atoms with Crippen molar-refractivity contribution in [3.05, 3.63) is 57.7 Å². The predicted molar refractivity (Wildman–Crippen MR) is 108 cm³/mol. The van der Waals surface area contributed by atoms with E-state index in [-0.39, 0.29) is 11.7 Å². The van der Waals surface area contributed by atoms with Crippen LogP contribution in [0.25, 0.3) is 11.3 Å². The van der Waals surface area contributed by atoms with E-state index in [1.807, 2.05) is 27.6 Å². The Morgan fingerprint density at radius 1 is 1.11 bits per heavy atom. The molecule has 5 nitrogen and oxygen atoms in total. The Hall–Kier alpha value is -2.67. The molecule has 2 aromatic heterocycles. The van der Waals surface area contributed by atoms with Gasteiger partial charge in [0, 0.05) is 49.2 Å². The second-order valence-corrected chi connectivity index (χ2v) is 8.29. The van der Waals surface area contributed by atoms with Crippen molar-refractivity contribution in [3.63, 3.8) is 0 Å². The zero-order valence-electron chi connectivity index (χ0n) is 15.7. The number of carbonyl (C=O) groups excluding carboxylic acids is 1. The smallest absolute Gasteiger partial charge is 0.274 e. The maximum Gasteiger partial charge on any atom is 0.274 e. The van der Waals surface area contributed by atoms with Crippen molar-refractivity contribution in [3.8, 4) is 11.3 Å². The summed E-state index contributed by atoms with van der Waals surface area (Å²) in [6.07, 6.45) is 1.82. The van der Waals surface area contributed by atoms with Crippen LogP contribution in [-0.2, 0) is 19.9 Å². The van der Waals surface area contributed by atoms with Crippen LogP contribution in [0, 0.1) is 5.82 Å². The van der Waals surface area contributed by atoms with Crippen LogP contribution in [0.1, 0.15) is 20.9 Å². The number of benzene rings is 1. The minimum atomic E-state index is -0.215. The van der Waals surface area contributed by atoms with Gasteiger partial charge in [0.05, 0.1) is 11.4 Å². The van der Waals surface area contributed by atoms with E-state index in [2.05, 4.69) is 16.5 Å². The molecule has 1 aliphatic heterocycles. The topological polar surface area (TPSA) is 41.4 Å². The molecule has 144 valence electrons. The summed E-state index contributed by atoms with van der Waals surface area (Å²) < 4.78 is 15.9. The first-order valence-corrected chi connectivity index (χ1v) is 10.4. The summed E-state index contributed by atoms with van der Waals surface area (Å²) in [7, 11) is 1.92. The van der Waals surface area contributed by atoms with Crippen LogP contribution in [0.3, 0.4) is 0 Å². The number of aromatic nitrogens is 2. The van der Waals surface area contributed by atoms with Crippen LogP contribution in [0.4, 0.5) is 10.1 Å². The number of halogens is 1. The quantitative estimate of drug-likeness (QED) is 0.667. The molecule has 0 atom stereocenters. The molecule has 0 saturated carbocycles. The highest BCUT2D eigenvalue weighted by atomic mass is 32.1. The molecule has 1 saturated heterocycles. The van der Waals surface area contributed by atoms with Crippen molar-refractivity contribution >= 4 is 22.9 Å². The molecule has 1 fully saturated rings. The van der Waals surface area contributed by atoms with Gasteiger partial charge in [-0.25, -0.2) is 4.39 Å². The van der Waals surface area contributed by atoms with Crippen LogP contribution < -0.4 is 4.90 Å². The number of rotatable bonds is 2. The maximum absolute atomic E-state index is 14.0. The van der Waals surface area contributed by atoms with E-state index < -0.39 is 0 Å². The van der Waals surface area contributed by atoms with Crippen LogP contribution in [0.5, 0.6) is 0 Å². The molecule has 1 amide bonds. The number of fused-ring (bicyclic) bond motifs is 3. The lowest BCUT2D eigenvalue weighted by Crippen LogP contribution is -2.49. The lowest BCUT2D eigenvalue weighted by Gasteiger charge is -2.36. The standard InChI is InChI=1S/C21H21FN4OS/c1-24-20-14-8-13-28-18(14)7-6-15(20)19(23-24)21(27)26-11-9-25(10-12-26)17-5-3-2-4-16(17)22/h2-5,8,13H,6-7,9-12H2,1H3. The Morgan fingerprint density at radius 2 is 1.89 bits per heavy atom. The van der Waals surface area contributed by atoms with Gasteiger partial charge in [-0.1, -0.05) is 12.1 Å². The lowest BCUT2D eigenvalue weighted by atomic mass is 9.94. The lowest BCUT2D eigenvalue weighted by molar-refractivity contribution is 0.0739. The monoisotopic (exact) mass is 396 g/mol. The number of hydrogen-bond donors (Lipinski definition) is 0. The van der Waals surface area contributed by atoms with E-state index in [0.29, 0.717) is 37.6 Å². The summed E-state index contributed by atoms with van der Waals surface area (Å²) >= 11 is 1.77. The molecule has 3 aromatic rings. The van der Waals surface area contributed by atoms with Crippen molar-refractivity contribution in [2.24, 2.45) is 7.05 Å². The average molecular weight is 396 g/mol. The third-order valence-electron chi connectivity index (χ3n) is 5.71. The van der Waals surface area contributed by atoms with Crippen molar-refractivity contribution in [2.45, 2.75) is 12.8 Å². The van der Waals surface area contributed by atoms with E-state index in [4.69, 9.17) is 0 Å². The van der Waals surface area contributed by atoms with Crippen LogP contribution in [-0.4, -0.2) is 46.8 Å². The third-order valence-corrected chi connectivity index (χ3v) is 6.69. The van der Waals surface area contributed by atoms with Gasteiger partial charge in [-0.15, -0.1) is 11.3 Å². The molecular formula is C21H21FN4OS. The van der Waals surface area contributed by atoms with Gasteiger partial charge < -0.3 is 9.80 Å². The Balaban J connectivity index is 1.37. The number of aryl methyl sites for hydroxylation is 2. The number of para-hydroxylation sites is 1. The molecule has 7 heteroatoms. The average Bonchev–Trinajstić information content (AvgIpc) is 3.32. The number of carbonyl (C=O) groups is 1. The second-order valence-electron chi connectivity index (χ2n) is 7.29. The molecule has 2 aliphatic rings. The molecule has 28 heavy (non-hydrogen) atoms. The van der Waals surface area contributed by atoms with Gasteiger partial charge in [-0.05, 0) is 36.4 Å². The van der Waals surface area contributed by atoms with Crippen LogP contribution >= 0.6 is 11.3 Å². The van der Waals surface area contributed by atoms with Crippen molar-refractivity contribution in [1.29, 1.82) is 0 Å². The first kappa shape index (κ1) is 17.4. The number of amides is 1. The molecule has 3 heterocycles.